The highest BCUT2D eigenvalue weighted by molar-refractivity contribution is 6.30. The van der Waals surface area contributed by atoms with E-state index in [2.05, 4.69) is 4.90 Å². The minimum atomic E-state index is -0.318. The fourth-order valence-electron chi connectivity index (χ4n) is 2.37. The molecule has 0 aliphatic carbocycles. The third-order valence-corrected chi connectivity index (χ3v) is 3.59. The van der Waals surface area contributed by atoms with Gasteiger partial charge >= 0.3 is 0 Å². The average molecular weight is 268 g/mol. The summed E-state index contributed by atoms with van der Waals surface area (Å²) in [5, 5.41) is 0.745. The fourth-order valence-corrected chi connectivity index (χ4v) is 2.50. The van der Waals surface area contributed by atoms with Crippen LogP contribution in [0.15, 0.2) is 24.3 Å². The van der Waals surface area contributed by atoms with Gasteiger partial charge in [-0.3, -0.25) is 0 Å². The molecule has 0 N–H and O–H groups in total. The zero-order chi connectivity index (χ0) is 13.0. The molecule has 0 aromatic heterocycles. The standard InChI is InChI=1S/C14H18ClNO2/c1-16(8-12-2-4-13(15)5-3-12)9-14(10-17)6-7-18-11-14/h2-5,10H,6-9,11H2,1H3. The molecule has 0 saturated carbocycles. The third-order valence-electron chi connectivity index (χ3n) is 3.33. The van der Waals surface area contributed by atoms with Crippen molar-refractivity contribution >= 4 is 17.9 Å². The van der Waals surface area contributed by atoms with Gasteiger partial charge in [-0.15, -0.1) is 0 Å². The summed E-state index contributed by atoms with van der Waals surface area (Å²) in [6.07, 6.45) is 1.87. The molecule has 98 valence electrons. The number of nitrogens with zero attached hydrogens (tertiary/aromatic N) is 1. The molecule has 1 heterocycles. The van der Waals surface area contributed by atoms with Gasteiger partial charge in [0.05, 0.1) is 12.0 Å². The lowest BCUT2D eigenvalue weighted by atomic mass is 9.88. The average Bonchev–Trinajstić information content (AvgIpc) is 2.81. The molecule has 0 radical (unpaired) electrons. The molecule has 0 spiro atoms. The number of benzene rings is 1. The van der Waals surface area contributed by atoms with E-state index in [0.29, 0.717) is 13.2 Å². The molecular weight excluding hydrogens is 250 g/mol. The van der Waals surface area contributed by atoms with Crippen molar-refractivity contribution in [3.05, 3.63) is 34.9 Å². The van der Waals surface area contributed by atoms with Gasteiger partial charge in [-0.25, -0.2) is 0 Å². The van der Waals surface area contributed by atoms with E-state index in [1.807, 2.05) is 31.3 Å². The van der Waals surface area contributed by atoms with Crippen LogP contribution in [0.5, 0.6) is 0 Å². The van der Waals surface area contributed by atoms with E-state index >= 15 is 0 Å². The Morgan fingerprint density at radius 3 is 2.72 bits per heavy atom. The first kappa shape index (κ1) is 13.5. The molecule has 4 heteroatoms. The third kappa shape index (κ3) is 3.31. The van der Waals surface area contributed by atoms with Gasteiger partial charge in [-0.2, -0.15) is 0 Å². The van der Waals surface area contributed by atoms with Crippen LogP contribution in [0.3, 0.4) is 0 Å². The molecule has 0 bridgehead atoms. The zero-order valence-electron chi connectivity index (χ0n) is 10.6. The molecule has 0 amide bonds. The molecule has 1 aromatic carbocycles. The van der Waals surface area contributed by atoms with Crippen molar-refractivity contribution in [3.63, 3.8) is 0 Å². The van der Waals surface area contributed by atoms with E-state index in [0.717, 1.165) is 30.8 Å². The van der Waals surface area contributed by atoms with Gasteiger partial charge in [0, 0.05) is 24.7 Å². The molecular formula is C14H18ClNO2. The lowest BCUT2D eigenvalue weighted by molar-refractivity contribution is -0.117. The SMILES string of the molecule is CN(Cc1ccc(Cl)cc1)CC1(C=O)CCOC1. The van der Waals surface area contributed by atoms with Gasteiger partial charge < -0.3 is 14.4 Å². The lowest BCUT2D eigenvalue weighted by Gasteiger charge is -2.27. The topological polar surface area (TPSA) is 29.5 Å². The van der Waals surface area contributed by atoms with E-state index in [1.54, 1.807) is 0 Å². The fraction of sp³-hybridized carbons (Fsp3) is 0.500. The molecule has 2 rings (SSSR count). The summed E-state index contributed by atoms with van der Waals surface area (Å²) < 4.78 is 5.34. The van der Waals surface area contributed by atoms with Crippen LogP contribution >= 0.6 is 11.6 Å². The Morgan fingerprint density at radius 1 is 1.44 bits per heavy atom. The maximum Gasteiger partial charge on any atom is 0.129 e. The minimum Gasteiger partial charge on any atom is -0.380 e. The maximum atomic E-state index is 11.2. The highest BCUT2D eigenvalue weighted by atomic mass is 35.5. The first-order chi connectivity index (χ1) is 8.63. The molecule has 1 aromatic rings. The number of aldehydes is 1. The summed E-state index contributed by atoms with van der Waals surface area (Å²) in [7, 11) is 2.03. The van der Waals surface area contributed by atoms with Crippen LogP contribution in [0, 0.1) is 5.41 Å². The molecule has 1 aliphatic heterocycles. The summed E-state index contributed by atoms with van der Waals surface area (Å²) in [5.41, 5.74) is 0.878. The largest absolute Gasteiger partial charge is 0.380 e. The van der Waals surface area contributed by atoms with Crippen LogP contribution in [0.2, 0.25) is 5.02 Å². The van der Waals surface area contributed by atoms with Crippen molar-refractivity contribution < 1.29 is 9.53 Å². The molecule has 18 heavy (non-hydrogen) atoms. The summed E-state index contributed by atoms with van der Waals surface area (Å²) >= 11 is 5.85. The molecule has 1 atom stereocenters. The van der Waals surface area contributed by atoms with Crippen LogP contribution in [0.1, 0.15) is 12.0 Å². The van der Waals surface area contributed by atoms with Crippen molar-refractivity contribution in [2.24, 2.45) is 5.41 Å². The Hall–Kier alpha value is -0.900. The van der Waals surface area contributed by atoms with Gasteiger partial charge in [-0.1, -0.05) is 23.7 Å². The van der Waals surface area contributed by atoms with E-state index in [4.69, 9.17) is 16.3 Å². The van der Waals surface area contributed by atoms with Crippen LogP contribution in [-0.2, 0) is 16.1 Å². The Labute approximate surface area is 113 Å². The number of ether oxygens (including phenoxy) is 1. The zero-order valence-corrected chi connectivity index (χ0v) is 11.3. The van der Waals surface area contributed by atoms with Crippen molar-refractivity contribution in [1.82, 2.24) is 4.90 Å². The highest BCUT2D eigenvalue weighted by Crippen LogP contribution is 2.27. The Balaban J connectivity index is 1.93. The summed E-state index contributed by atoms with van der Waals surface area (Å²) in [5.74, 6) is 0. The summed E-state index contributed by atoms with van der Waals surface area (Å²) in [6, 6.07) is 7.80. The lowest BCUT2D eigenvalue weighted by Crippen LogP contribution is -2.37. The second-order valence-electron chi connectivity index (χ2n) is 5.08. The van der Waals surface area contributed by atoms with Crippen molar-refractivity contribution in [1.29, 1.82) is 0 Å². The van der Waals surface area contributed by atoms with Gasteiger partial charge in [0.15, 0.2) is 0 Å². The number of rotatable bonds is 5. The van der Waals surface area contributed by atoms with Crippen molar-refractivity contribution in [2.45, 2.75) is 13.0 Å². The number of hydrogen-bond donors (Lipinski definition) is 0. The smallest absolute Gasteiger partial charge is 0.129 e. The molecule has 1 aliphatic rings. The second kappa shape index (κ2) is 5.83. The van der Waals surface area contributed by atoms with Gasteiger partial charge in [0.25, 0.3) is 0 Å². The van der Waals surface area contributed by atoms with Gasteiger partial charge in [0.1, 0.15) is 6.29 Å². The quantitative estimate of drug-likeness (QED) is 0.767. The summed E-state index contributed by atoms with van der Waals surface area (Å²) in [6.45, 7) is 2.78. The highest BCUT2D eigenvalue weighted by Gasteiger charge is 2.35. The number of carbonyl (C=O) groups excluding carboxylic acids is 1. The van der Waals surface area contributed by atoms with E-state index < -0.39 is 0 Å². The first-order valence-electron chi connectivity index (χ1n) is 6.11. The number of halogens is 1. The van der Waals surface area contributed by atoms with Crippen LogP contribution in [0.4, 0.5) is 0 Å². The van der Waals surface area contributed by atoms with Crippen LogP contribution < -0.4 is 0 Å². The van der Waals surface area contributed by atoms with Gasteiger partial charge in [-0.05, 0) is 31.2 Å². The maximum absolute atomic E-state index is 11.2. The molecule has 1 saturated heterocycles. The van der Waals surface area contributed by atoms with E-state index in [9.17, 15) is 4.79 Å². The minimum absolute atomic E-state index is 0.318. The monoisotopic (exact) mass is 267 g/mol. The molecule has 1 unspecified atom stereocenters. The Morgan fingerprint density at radius 2 is 2.17 bits per heavy atom. The predicted molar refractivity (Wildman–Crippen MR) is 71.7 cm³/mol. The molecule has 1 fully saturated rings. The van der Waals surface area contributed by atoms with E-state index in [-0.39, 0.29) is 5.41 Å². The van der Waals surface area contributed by atoms with E-state index in [1.165, 1.54) is 5.56 Å². The second-order valence-corrected chi connectivity index (χ2v) is 5.52. The first-order valence-corrected chi connectivity index (χ1v) is 6.48. The number of hydrogen-bond acceptors (Lipinski definition) is 3. The van der Waals surface area contributed by atoms with Crippen LogP contribution in [0.25, 0.3) is 0 Å². The van der Waals surface area contributed by atoms with Crippen molar-refractivity contribution in [2.75, 3.05) is 26.8 Å². The van der Waals surface area contributed by atoms with Gasteiger partial charge in [0.2, 0.25) is 0 Å². The normalized spacial score (nSPS) is 23.5. The summed E-state index contributed by atoms with van der Waals surface area (Å²) in [4.78, 5) is 13.4. The predicted octanol–water partition coefficient (Wildman–Crippen LogP) is 2.38. The Kier molecular flexibility index (Phi) is 4.38. The number of carbonyl (C=O) groups is 1. The Bertz CT molecular complexity index is 399. The molecule has 3 nitrogen and oxygen atoms in total. The van der Waals surface area contributed by atoms with Crippen LogP contribution in [-0.4, -0.2) is 38.0 Å². The van der Waals surface area contributed by atoms with Crippen molar-refractivity contribution in [3.8, 4) is 0 Å².